The van der Waals surface area contributed by atoms with Crippen LogP contribution in [0.25, 0.3) is 0 Å². The van der Waals surface area contributed by atoms with Crippen LogP contribution in [0.5, 0.6) is 0 Å². The van der Waals surface area contributed by atoms with Crippen LogP contribution in [0.4, 0.5) is 5.00 Å². The van der Waals surface area contributed by atoms with Crippen molar-refractivity contribution < 1.29 is 9.53 Å². The Morgan fingerprint density at radius 2 is 2.25 bits per heavy atom. The van der Waals surface area contributed by atoms with E-state index >= 15 is 0 Å². The summed E-state index contributed by atoms with van der Waals surface area (Å²) < 4.78 is 4.92. The molecule has 0 bridgehead atoms. The van der Waals surface area contributed by atoms with E-state index in [-0.39, 0.29) is 5.97 Å². The number of carbonyl (C=O) groups excluding carboxylic acids is 1. The first-order valence-electron chi connectivity index (χ1n) is 8.64. The van der Waals surface area contributed by atoms with Crippen LogP contribution in [0.15, 0.2) is 22.5 Å². The summed E-state index contributed by atoms with van der Waals surface area (Å²) in [5, 5.41) is 10.2. The predicted octanol–water partition coefficient (Wildman–Crippen LogP) is 2.23. The topological polar surface area (TPSA) is 66.0 Å². The number of rotatable bonds is 7. The molecule has 134 valence electrons. The molecule has 2 heterocycles. The molecule has 0 unspecified atom stereocenters. The Morgan fingerprint density at radius 1 is 1.46 bits per heavy atom. The van der Waals surface area contributed by atoms with Gasteiger partial charge in [0.1, 0.15) is 0 Å². The molecule has 1 saturated heterocycles. The standard InChI is InChI=1S/C17H28N4O2S/c1-3-23-16(22)7-4-10-19-17(18-2)20-14-8-11-21(12-9-14)15-6-5-13-24-15/h5-6,13-14H,3-4,7-12H2,1-2H3,(H2,18,19,20). The van der Waals surface area contributed by atoms with E-state index in [9.17, 15) is 4.79 Å². The van der Waals surface area contributed by atoms with Gasteiger partial charge in [0.15, 0.2) is 5.96 Å². The van der Waals surface area contributed by atoms with Crippen molar-refractivity contribution in [1.82, 2.24) is 10.6 Å². The molecule has 1 aliphatic heterocycles. The molecule has 2 rings (SSSR count). The maximum absolute atomic E-state index is 11.3. The van der Waals surface area contributed by atoms with Gasteiger partial charge < -0.3 is 20.3 Å². The van der Waals surface area contributed by atoms with Gasteiger partial charge in [-0.15, -0.1) is 11.3 Å². The van der Waals surface area contributed by atoms with E-state index in [0.717, 1.165) is 38.3 Å². The molecule has 0 aliphatic carbocycles. The van der Waals surface area contributed by atoms with Crippen LogP contribution in [0.1, 0.15) is 32.6 Å². The zero-order valence-corrected chi connectivity index (χ0v) is 15.4. The van der Waals surface area contributed by atoms with Crippen LogP contribution >= 0.6 is 11.3 Å². The number of nitrogens with zero attached hydrogens (tertiary/aromatic N) is 2. The molecule has 0 radical (unpaired) electrons. The second-order valence-corrected chi connectivity index (χ2v) is 6.69. The second kappa shape index (κ2) is 10.2. The molecule has 1 aromatic rings. The summed E-state index contributed by atoms with van der Waals surface area (Å²) in [7, 11) is 1.78. The Hall–Kier alpha value is -1.76. The minimum absolute atomic E-state index is 0.136. The van der Waals surface area contributed by atoms with Gasteiger partial charge in [-0.2, -0.15) is 0 Å². The summed E-state index contributed by atoms with van der Waals surface area (Å²) in [4.78, 5) is 18.0. The predicted molar refractivity (Wildman–Crippen MR) is 99.9 cm³/mol. The molecule has 7 heteroatoms. The highest BCUT2D eigenvalue weighted by atomic mass is 32.1. The number of anilines is 1. The minimum atomic E-state index is -0.136. The molecule has 2 N–H and O–H groups in total. The van der Waals surface area contributed by atoms with Crippen LogP contribution in [0, 0.1) is 0 Å². The minimum Gasteiger partial charge on any atom is -0.466 e. The summed E-state index contributed by atoms with van der Waals surface area (Å²) in [5.74, 6) is 0.677. The van der Waals surface area contributed by atoms with Crippen LogP contribution in [0.3, 0.4) is 0 Å². The summed E-state index contributed by atoms with van der Waals surface area (Å²) in [6, 6.07) is 4.73. The van der Waals surface area contributed by atoms with Crippen molar-refractivity contribution in [3.05, 3.63) is 17.5 Å². The number of nitrogens with one attached hydrogen (secondary N) is 2. The molecule has 0 spiro atoms. The molecule has 0 atom stereocenters. The normalized spacial score (nSPS) is 16.1. The van der Waals surface area contributed by atoms with Gasteiger partial charge in [-0.05, 0) is 43.7 Å². The monoisotopic (exact) mass is 352 g/mol. The Bertz CT molecular complexity index is 511. The maximum atomic E-state index is 11.3. The average molecular weight is 353 g/mol. The lowest BCUT2D eigenvalue weighted by molar-refractivity contribution is -0.143. The van der Waals surface area contributed by atoms with Crippen molar-refractivity contribution in [2.24, 2.45) is 4.99 Å². The van der Waals surface area contributed by atoms with Crippen LogP contribution in [-0.4, -0.2) is 51.3 Å². The van der Waals surface area contributed by atoms with Crippen molar-refractivity contribution in [3.63, 3.8) is 0 Å². The highest BCUT2D eigenvalue weighted by Crippen LogP contribution is 2.24. The van der Waals surface area contributed by atoms with Crippen LogP contribution in [0.2, 0.25) is 0 Å². The van der Waals surface area contributed by atoms with E-state index in [4.69, 9.17) is 4.74 Å². The highest BCUT2D eigenvalue weighted by molar-refractivity contribution is 7.14. The lowest BCUT2D eigenvalue weighted by Crippen LogP contribution is -2.48. The lowest BCUT2D eigenvalue weighted by atomic mass is 10.1. The van der Waals surface area contributed by atoms with Crippen LogP contribution < -0.4 is 15.5 Å². The number of aliphatic imine (C=N–C) groups is 1. The van der Waals surface area contributed by atoms with E-state index in [1.54, 1.807) is 18.4 Å². The maximum Gasteiger partial charge on any atom is 0.305 e. The molecule has 0 amide bonds. The van der Waals surface area contributed by atoms with E-state index in [2.05, 4.69) is 38.0 Å². The Kier molecular flexibility index (Phi) is 7.88. The summed E-state index contributed by atoms with van der Waals surface area (Å²) in [6.45, 7) is 5.12. The van der Waals surface area contributed by atoms with Crippen molar-refractivity contribution in [2.75, 3.05) is 38.2 Å². The first-order valence-corrected chi connectivity index (χ1v) is 9.52. The fraction of sp³-hybridized carbons (Fsp3) is 0.647. The van der Waals surface area contributed by atoms with Gasteiger partial charge in [0, 0.05) is 39.1 Å². The van der Waals surface area contributed by atoms with Gasteiger partial charge in [0.2, 0.25) is 0 Å². The van der Waals surface area contributed by atoms with Gasteiger partial charge in [0.05, 0.1) is 11.6 Å². The fourth-order valence-corrected chi connectivity index (χ4v) is 3.54. The van der Waals surface area contributed by atoms with Gasteiger partial charge in [-0.25, -0.2) is 0 Å². The zero-order valence-electron chi connectivity index (χ0n) is 14.6. The third-order valence-electron chi connectivity index (χ3n) is 4.03. The fourth-order valence-electron chi connectivity index (χ4n) is 2.75. The third-order valence-corrected chi connectivity index (χ3v) is 4.96. The molecule has 0 saturated carbocycles. The molecule has 1 fully saturated rings. The summed E-state index contributed by atoms with van der Waals surface area (Å²) in [5.41, 5.74) is 0. The number of hydrogen-bond acceptors (Lipinski definition) is 5. The summed E-state index contributed by atoms with van der Waals surface area (Å²) in [6.07, 6.45) is 3.39. The number of ether oxygens (including phenoxy) is 1. The van der Waals surface area contributed by atoms with Crippen LogP contribution in [-0.2, 0) is 9.53 Å². The van der Waals surface area contributed by atoms with Crippen molar-refractivity contribution in [3.8, 4) is 0 Å². The quantitative estimate of drug-likeness (QED) is 0.341. The van der Waals surface area contributed by atoms with E-state index in [0.29, 0.717) is 25.6 Å². The Balaban J connectivity index is 1.64. The van der Waals surface area contributed by atoms with Crippen molar-refractivity contribution >= 4 is 28.3 Å². The molecule has 1 aromatic heterocycles. The van der Waals surface area contributed by atoms with Gasteiger partial charge >= 0.3 is 5.97 Å². The van der Waals surface area contributed by atoms with Crippen molar-refractivity contribution in [1.29, 1.82) is 0 Å². The molecule has 6 nitrogen and oxygen atoms in total. The number of guanidine groups is 1. The lowest BCUT2D eigenvalue weighted by Gasteiger charge is -2.33. The first-order chi connectivity index (χ1) is 11.7. The van der Waals surface area contributed by atoms with Gasteiger partial charge in [0.25, 0.3) is 0 Å². The molecule has 0 aromatic carbocycles. The highest BCUT2D eigenvalue weighted by Gasteiger charge is 2.20. The SMILES string of the molecule is CCOC(=O)CCCNC(=NC)NC1CCN(c2cccs2)CC1. The Labute approximate surface area is 148 Å². The zero-order chi connectivity index (χ0) is 17.2. The molecular formula is C17H28N4O2S. The smallest absolute Gasteiger partial charge is 0.305 e. The second-order valence-electron chi connectivity index (χ2n) is 5.76. The third kappa shape index (κ3) is 6.03. The number of hydrogen-bond donors (Lipinski definition) is 2. The van der Waals surface area contributed by atoms with E-state index < -0.39 is 0 Å². The Morgan fingerprint density at radius 3 is 2.88 bits per heavy atom. The van der Waals surface area contributed by atoms with Gasteiger partial charge in [-0.3, -0.25) is 9.79 Å². The number of thiophene rings is 1. The van der Waals surface area contributed by atoms with E-state index in [1.165, 1.54) is 5.00 Å². The first kappa shape index (κ1) is 18.6. The number of carbonyl (C=O) groups is 1. The molecular weight excluding hydrogens is 324 g/mol. The largest absolute Gasteiger partial charge is 0.466 e. The molecule has 24 heavy (non-hydrogen) atoms. The summed E-state index contributed by atoms with van der Waals surface area (Å²) >= 11 is 1.80. The molecule has 1 aliphatic rings. The van der Waals surface area contributed by atoms with Crippen molar-refractivity contribution in [2.45, 2.75) is 38.6 Å². The number of piperidine rings is 1. The van der Waals surface area contributed by atoms with Gasteiger partial charge in [-0.1, -0.05) is 0 Å². The average Bonchev–Trinajstić information content (AvgIpc) is 3.13. The van der Waals surface area contributed by atoms with E-state index in [1.807, 2.05) is 6.92 Å². The number of esters is 1.